The first-order chi connectivity index (χ1) is 18.1. The van der Waals surface area contributed by atoms with Crippen LogP contribution in [0.3, 0.4) is 0 Å². The van der Waals surface area contributed by atoms with Crippen LogP contribution in [0.5, 0.6) is 0 Å². The van der Waals surface area contributed by atoms with Gasteiger partial charge in [-0.1, -0.05) is 54.6 Å². The third kappa shape index (κ3) is 6.21. The van der Waals surface area contributed by atoms with Crippen LogP contribution in [0.2, 0.25) is 0 Å². The van der Waals surface area contributed by atoms with Gasteiger partial charge in [-0.15, -0.1) is 0 Å². The molecule has 0 aromatic heterocycles. The summed E-state index contributed by atoms with van der Waals surface area (Å²) in [5.41, 5.74) is 2.45. The summed E-state index contributed by atoms with van der Waals surface area (Å²) < 4.78 is 53.1. The van der Waals surface area contributed by atoms with Crippen molar-refractivity contribution >= 4 is 43.0 Å². The highest BCUT2D eigenvalue weighted by Gasteiger charge is 2.25. The molecule has 0 spiro atoms. The number of benzene rings is 4. The molecule has 0 unspecified atom stereocenters. The molecule has 0 saturated carbocycles. The molecular formula is C28H27N3O5S2. The largest absolute Gasteiger partial charge is 0.322 e. The number of nitrogens with zero attached hydrogens (tertiary/aromatic N) is 2. The van der Waals surface area contributed by atoms with Crippen LogP contribution in [0, 0.1) is 0 Å². The zero-order chi connectivity index (χ0) is 27.3. The molecule has 4 rings (SSSR count). The minimum Gasteiger partial charge on any atom is -0.322 e. The van der Waals surface area contributed by atoms with Gasteiger partial charge in [0.25, 0.3) is 15.9 Å². The lowest BCUT2D eigenvalue weighted by Gasteiger charge is -2.25. The van der Waals surface area contributed by atoms with Crippen molar-refractivity contribution in [1.82, 2.24) is 0 Å². The fourth-order valence-corrected chi connectivity index (χ4v) is 5.70. The number of carbonyl (C=O) groups excluding carboxylic acids is 1. The zero-order valence-electron chi connectivity index (χ0n) is 20.9. The predicted octanol–water partition coefficient (Wildman–Crippen LogP) is 4.73. The molecule has 8 nitrogen and oxygen atoms in total. The van der Waals surface area contributed by atoms with Gasteiger partial charge in [0.05, 0.1) is 29.1 Å². The molecule has 0 aliphatic rings. The third-order valence-corrected chi connectivity index (χ3v) is 8.88. The average Bonchev–Trinajstić information content (AvgIpc) is 2.92. The second-order valence-corrected chi connectivity index (χ2v) is 12.5. The van der Waals surface area contributed by atoms with Gasteiger partial charge in [-0.3, -0.25) is 13.4 Å². The second kappa shape index (κ2) is 11.1. The maximum atomic E-state index is 13.5. The summed E-state index contributed by atoms with van der Waals surface area (Å²) in [6.45, 7) is 0.0724. The molecule has 0 aliphatic carbocycles. The molecule has 1 amide bonds. The summed E-state index contributed by atoms with van der Waals surface area (Å²) in [6.07, 6.45) is 1.10. The summed E-state index contributed by atoms with van der Waals surface area (Å²) >= 11 is 0. The molecule has 10 heteroatoms. The average molecular weight is 550 g/mol. The van der Waals surface area contributed by atoms with Gasteiger partial charge in [0, 0.05) is 18.3 Å². The number of carbonyl (C=O) groups is 1. The Morgan fingerprint density at radius 2 is 1.32 bits per heavy atom. The maximum Gasteiger partial charge on any atom is 0.264 e. The van der Waals surface area contributed by atoms with Crippen molar-refractivity contribution < 1.29 is 21.6 Å². The van der Waals surface area contributed by atoms with E-state index in [9.17, 15) is 21.6 Å². The lowest BCUT2D eigenvalue weighted by Crippen LogP contribution is -2.30. The third-order valence-electron chi connectivity index (χ3n) is 5.88. The van der Waals surface area contributed by atoms with Gasteiger partial charge in [0.15, 0.2) is 0 Å². The van der Waals surface area contributed by atoms with E-state index in [1.54, 1.807) is 103 Å². The van der Waals surface area contributed by atoms with Crippen LogP contribution in [-0.2, 0) is 26.6 Å². The van der Waals surface area contributed by atoms with Crippen LogP contribution < -0.4 is 13.9 Å². The van der Waals surface area contributed by atoms with E-state index in [1.165, 1.54) is 11.4 Å². The van der Waals surface area contributed by atoms with Crippen molar-refractivity contribution in [2.45, 2.75) is 11.4 Å². The number of rotatable bonds is 9. The molecule has 0 aliphatic heterocycles. The van der Waals surface area contributed by atoms with E-state index in [0.29, 0.717) is 28.2 Å². The smallest absolute Gasteiger partial charge is 0.264 e. The van der Waals surface area contributed by atoms with E-state index in [-0.39, 0.29) is 17.3 Å². The highest BCUT2D eigenvalue weighted by molar-refractivity contribution is 7.92. The Morgan fingerprint density at radius 3 is 1.92 bits per heavy atom. The minimum absolute atomic E-state index is 0.0724. The van der Waals surface area contributed by atoms with Crippen molar-refractivity contribution in [2.24, 2.45) is 0 Å². The summed E-state index contributed by atoms with van der Waals surface area (Å²) in [6, 6.07) is 30.2. The van der Waals surface area contributed by atoms with E-state index in [1.807, 2.05) is 6.07 Å². The second-order valence-electron chi connectivity index (χ2n) is 8.59. The molecule has 0 saturated heterocycles. The lowest BCUT2D eigenvalue weighted by atomic mass is 10.1. The Morgan fingerprint density at radius 1 is 0.737 bits per heavy atom. The van der Waals surface area contributed by atoms with Gasteiger partial charge in [-0.2, -0.15) is 0 Å². The predicted molar refractivity (Wildman–Crippen MR) is 150 cm³/mol. The summed E-state index contributed by atoms with van der Waals surface area (Å²) in [7, 11) is -5.84. The lowest BCUT2D eigenvalue weighted by molar-refractivity contribution is 0.102. The first kappa shape index (κ1) is 26.9. The van der Waals surface area contributed by atoms with E-state index in [2.05, 4.69) is 5.32 Å². The van der Waals surface area contributed by atoms with E-state index < -0.39 is 20.0 Å². The highest BCUT2D eigenvalue weighted by Crippen LogP contribution is 2.26. The molecule has 38 heavy (non-hydrogen) atoms. The van der Waals surface area contributed by atoms with Crippen LogP contribution in [0.25, 0.3) is 0 Å². The van der Waals surface area contributed by atoms with Crippen molar-refractivity contribution in [1.29, 1.82) is 0 Å². The molecule has 0 heterocycles. The topological polar surface area (TPSA) is 104 Å². The molecule has 4 aromatic rings. The SMILES string of the molecule is CN(c1cccc(NC(=O)c2ccc(CN(c3ccccc3)S(=O)(=O)c3ccccc3)cc2)c1)S(C)(=O)=O. The first-order valence-electron chi connectivity index (χ1n) is 11.6. The minimum atomic E-state index is -3.83. The molecule has 0 fully saturated rings. The quantitative estimate of drug-likeness (QED) is 0.325. The fraction of sp³-hybridized carbons (Fsp3) is 0.107. The van der Waals surface area contributed by atoms with Gasteiger partial charge in [-0.25, -0.2) is 16.8 Å². The van der Waals surface area contributed by atoms with Gasteiger partial charge in [-0.05, 0) is 60.2 Å². The number of nitrogens with one attached hydrogen (secondary N) is 1. The van der Waals surface area contributed by atoms with Crippen molar-refractivity contribution in [3.8, 4) is 0 Å². The number of hydrogen-bond donors (Lipinski definition) is 1. The summed E-state index contributed by atoms with van der Waals surface area (Å²) in [5, 5.41) is 2.77. The van der Waals surface area contributed by atoms with Crippen molar-refractivity contribution in [3.05, 3.63) is 120 Å². The van der Waals surface area contributed by atoms with Crippen molar-refractivity contribution in [3.63, 3.8) is 0 Å². The van der Waals surface area contributed by atoms with E-state index >= 15 is 0 Å². The number of anilines is 3. The van der Waals surface area contributed by atoms with Crippen molar-refractivity contribution in [2.75, 3.05) is 27.2 Å². The van der Waals surface area contributed by atoms with Gasteiger partial charge >= 0.3 is 0 Å². The first-order valence-corrected chi connectivity index (χ1v) is 14.9. The number of para-hydroxylation sites is 1. The summed E-state index contributed by atoms with van der Waals surface area (Å²) in [5.74, 6) is -0.382. The molecule has 0 radical (unpaired) electrons. The maximum absolute atomic E-state index is 13.5. The zero-order valence-corrected chi connectivity index (χ0v) is 22.5. The fourth-order valence-electron chi connectivity index (χ4n) is 3.73. The highest BCUT2D eigenvalue weighted by atomic mass is 32.2. The normalized spacial score (nSPS) is 11.5. The summed E-state index contributed by atoms with van der Waals surface area (Å²) in [4.78, 5) is 13.0. The van der Waals surface area contributed by atoms with Gasteiger partial charge in [0.2, 0.25) is 10.0 Å². The van der Waals surface area contributed by atoms with Crippen LogP contribution >= 0.6 is 0 Å². The van der Waals surface area contributed by atoms with Crippen LogP contribution in [0.1, 0.15) is 15.9 Å². The molecule has 4 aromatic carbocycles. The Bertz CT molecular complexity index is 1630. The number of amides is 1. The molecule has 0 bridgehead atoms. The number of sulfonamides is 2. The molecule has 196 valence electrons. The Kier molecular flexibility index (Phi) is 7.84. The van der Waals surface area contributed by atoms with Crippen LogP contribution in [0.15, 0.2) is 114 Å². The van der Waals surface area contributed by atoms with Gasteiger partial charge < -0.3 is 5.32 Å². The van der Waals surface area contributed by atoms with E-state index in [0.717, 1.165) is 10.6 Å². The Labute approximate surface area is 223 Å². The van der Waals surface area contributed by atoms with Crippen LogP contribution in [0.4, 0.5) is 17.1 Å². The molecule has 0 atom stereocenters. The monoisotopic (exact) mass is 549 g/mol. The molecular weight excluding hydrogens is 522 g/mol. The molecule has 1 N–H and O–H groups in total. The number of hydrogen-bond acceptors (Lipinski definition) is 5. The van der Waals surface area contributed by atoms with Crippen LogP contribution in [-0.4, -0.2) is 36.0 Å². The Balaban J connectivity index is 1.54. The standard InChI is InChI=1S/C28H27N3O5S2/c1-30(37(2,33)34)26-13-9-10-24(20-26)29-28(32)23-18-16-22(17-19-23)21-31(25-11-5-3-6-12-25)38(35,36)27-14-7-4-8-15-27/h3-20H,21H2,1-2H3,(H,29,32). The van der Waals surface area contributed by atoms with E-state index in [4.69, 9.17) is 0 Å². The Hall–Kier alpha value is -4.15. The van der Waals surface area contributed by atoms with Gasteiger partial charge in [0.1, 0.15) is 0 Å².